The van der Waals surface area contributed by atoms with Gasteiger partial charge in [0.15, 0.2) is 0 Å². The van der Waals surface area contributed by atoms with E-state index in [1.165, 1.54) is 0 Å². The highest BCUT2D eigenvalue weighted by Crippen LogP contribution is 2.05. The Balaban J connectivity index is 2.52. The molecule has 1 atom stereocenters. The fourth-order valence-electron chi connectivity index (χ4n) is 1.48. The van der Waals surface area contributed by atoms with Crippen molar-refractivity contribution in [2.75, 3.05) is 12.0 Å². The third kappa shape index (κ3) is 3.35. The number of hydrogen-bond donors (Lipinski definition) is 1. The molecular formula is C10H19N3S. The number of hydrogen-bond acceptors (Lipinski definition) is 3. The molecule has 0 radical (unpaired) electrons. The fraction of sp³-hybridized carbons (Fsp3) is 0.700. The van der Waals surface area contributed by atoms with Gasteiger partial charge in [0.05, 0.1) is 0 Å². The summed E-state index contributed by atoms with van der Waals surface area (Å²) in [4.78, 5) is 4.33. The summed E-state index contributed by atoms with van der Waals surface area (Å²) in [5, 5.41) is 0. The zero-order chi connectivity index (χ0) is 10.4. The molecule has 3 nitrogen and oxygen atoms in total. The van der Waals surface area contributed by atoms with Crippen molar-refractivity contribution in [3.05, 3.63) is 18.2 Å². The Kier molecular flexibility index (Phi) is 5.04. The molecule has 80 valence electrons. The van der Waals surface area contributed by atoms with E-state index in [2.05, 4.69) is 22.7 Å². The molecule has 0 saturated carbocycles. The first-order valence-corrected chi connectivity index (χ1v) is 6.41. The van der Waals surface area contributed by atoms with Gasteiger partial charge in [-0.2, -0.15) is 11.8 Å². The molecule has 2 N–H and O–H groups in total. The smallest absolute Gasteiger partial charge is 0.110 e. The highest BCUT2D eigenvalue weighted by atomic mass is 32.2. The zero-order valence-electron chi connectivity index (χ0n) is 8.94. The molecule has 1 aromatic heterocycles. The predicted molar refractivity (Wildman–Crippen MR) is 62.6 cm³/mol. The molecule has 1 rings (SSSR count). The number of rotatable bonds is 6. The highest BCUT2D eigenvalue weighted by Gasteiger charge is 2.07. The van der Waals surface area contributed by atoms with Crippen LogP contribution in [-0.4, -0.2) is 27.6 Å². The van der Waals surface area contributed by atoms with E-state index in [-0.39, 0.29) is 6.04 Å². The lowest BCUT2D eigenvalue weighted by Gasteiger charge is -2.11. The number of thioether (sulfide) groups is 1. The van der Waals surface area contributed by atoms with Crippen molar-refractivity contribution in [3.63, 3.8) is 0 Å². The minimum absolute atomic E-state index is 0.225. The number of imidazole rings is 1. The van der Waals surface area contributed by atoms with Gasteiger partial charge in [-0.25, -0.2) is 4.98 Å². The fourth-order valence-corrected chi connectivity index (χ4v) is 2.03. The van der Waals surface area contributed by atoms with Gasteiger partial charge in [0.25, 0.3) is 0 Å². The summed E-state index contributed by atoms with van der Waals surface area (Å²) in [6.45, 7) is 3.22. The van der Waals surface area contributed by atoms with Crippen LogP contribution in [0.4, 0.5) is 0 Å². The van der Waals surface area contributed by atoms with Crippen LogP contribution >= 0.6 is 11.8 Å². The first kappa shape index (κ1) is 11.6. The molecule has 0 amide bonds. The minimum atomic E-state index is 0.225. The van der Waals surface area contributed by atoms with Crippen molar-refractivity contribution in [1.82, 2.24) is 9.55 Å². The van der Waals surface area contributed by atoms with Crippen LogP contribution in [0.1, 0.15) is 19.2 Å². The Labute approximate surface area is 90.1 Å². The van der Waals surface area contributed by atoms with E-state index in [0.29, 0.717) is 0 Å². The second kappa shape index (κ2) is 6.09. The quantitative estimate of drug-likeness (QED) is 0.779. The maximum Gasteiger partial charge on any atom is 0.110 e. The average molecular weight is 213 g/mol. The van der Waals surface area contributed by atoms with Crippen LogP contribution in [0.5, 0.6) is 0 Å². The molecule has 0 aromatic carbocycles. The summed E-state index contributed by atoms with van der Waals surface area (Å²) >= 11 is 1.79. The summed E-state index contributed by atoms with van der Waals surface area (Å²) in [6, 6.07) is 0.225. The SMILES string of the molecule is CCCn1ccnc1CC(N)CSC. The molecule has 0 saturated heterocycles. The lowest BCUT2D eigenvalue weighted by molar-refractivity contribution is 0.607. The lowest BCUT2D eigenvalue weighted by Crippen LogP contribution is -2.27. The Hall–Kier alpha value is -0.480. The molecule has 1 heterocycles. The molecule has 0 bridgehead atoms. The van der Waals surface area contributed by atoms with E-state index in [1.54, 1.807) is 11.8 Å². The van der Waals surface area contributed by atoms with Crippen molar-refractivity contribution >= 4 is 11.8 Å². The third-order valence-electron chi connectivity index (χ3n) is 2.09. The van der Waals surface area contributed by atoms with E-state index in [0.717, 1.165) is 31.0 Å². The van der Waals surface area contributed by atoms with E-state index in [4.69, 9.17) is 5.73 Å². The summed E-state index contributed by atoms with van der Waals surface area (Å²) < 4.78 is 2.19. The number of aryl methyl sites for hydroxylation is 1. The van der Waals surface area contributed by atoms with Crippen LogP contribution in [0.3, 0.4) is 0 Å². The van der Waals surface area contributed by atoms with Gasteiger partial charge >= 0.3 is 0 Å². The predicted octanol–water partition coefficient (Wildman–Crippen LogP) is 1.53. The van der Waals surface area contributed by atoms with Gasteiger partial charge in [-0.3, -0.25) is 0 Å². The Morgan fingerprint density at radius 2 is 2.43 bits per heavy atom. The molecule has 0 aliphatic rings. The van der Waals surface area contributed by atoms with Gasteiger partial charge < -0.3 is 10.3 Å². The zero-order valence-corrected chi connectivity index (χ0v) is 9.76. The van der Waals surface area contributed by atoms with Gasteiger partial charge in [-0.1, -0.05) is 6.92 Å². The number of aromatic nitrogens is 2. The van der Waals surface area contributed by atoms with E-state index in [9.17, 15) is 0 Å². The summed E-state index contributed by atoms with van der Waals surface area (Å²) in [6.07, 6.45) is 7.99. The van der Waals surface area contributed by atoms with Crippen LogP contribution in [0.25, 0.3) is 0 Å². The molecule has 0 aliphatic heterocycles. The molecule has 1 unspecified atom stereocenters. The first-order chi connectivity index (χ1) is 6.77. The lowest BCUT2D eigenvalue weighted by atomic mass is 10.2. The van der Waals surface area contributed by atoms with Gasteiger partial charge in [0.2, 0.25) is 0 Å². The van der Waals surface area contributed by atoms with Crippen molar-refractivity contribution in [2.24, 2.45) is 5.73 Å². The largest absolute Gasteiger partial charge is 0.335 e. The van der Waals surface area contributed by atoms with E-state index in [1.807, 2.05) is 12.4 Å². The van der Waals surface area contributed by atoms with Crippen molar-refractivity contribution in [2.45, 2.75) is 32.4 Å². The van der Waals surface area contributed by atoms with Gasteiger partial charge in [0, 0.05) is 37.2 Å². The highest BCUT2D eigenvalue weighted by molar-refractivity contribution is 7.98. The standard InChI is InChI=1S/C10H19N3S/c1-3-5-13-6-4-12-10(13)7-9(11)8-14-2/h4,6,9H,3,5,7-8,11H2,1-2H3. The van der Waals surface area contributed by atoms with Crippen LogP contribution in [0.2, 0.25) is 0 Å². The molecule has 0 fully saturated rings. The van der Waals surface area contributed by atoms with Crippen LogP contribution in [0, 0.1) is 0 Å². The van der Waals surface area contributed by atoms with Crippen molar-refractivity contribution in [1.29, 1.82) is 0 Å². The van der Waals surface area contributed by atoms with Crippen LogP contribution < -0.4 is 5.73 Å². The summed E-state index contributed by atoms with van der Waals surface area (Å²) in [5.74, 6) is 2.12. The number of nitrogens with zero attached hydrogens (tertiary/aromatic N) is 2. The molecule has 0 aliphatic carbocycles. The molecule has 14 heavy (non-hydrogen) atoms. The van der Waals surface area contributed by atoms with Gasteiger partial charge in [0.1, 0.15) is 5.82 Å². The summed E-state index contributed by atoms with van der Waals surface area (Å²) in [5.41, 5.74) is 5.97. The Morgan fingerprint density at radius 3 is 3.07 bits per heavy atom. The second-order valence-corrected chi connectivity index (χ2v) is 4.37. The Bertz CT molecular complexity index is 260. The third-order valence-corrected chi connectivity index (χ3v) is 2.85. The average Bonchev–Trinajstić information content (AvgIpc) is 2.54. The van der Waals surface area contributed by atoms with Crippen LogP contribution in [-0.2, 0) is 13.0 Å². The topological polar surface area (TPSA) is 43.8 Å². The molecule has 4 heteroatoms. The van der Waals surface area contributed by atoms with E-state index >= 15 is 0 Å². The summed E-state index contributed by atoms with van der Waals surface area (Å²) in [7, 11) is 0. The van der Waals surface area contributed by atoms with Crippen LogP contribution in [0.15, 0.2) is 12.4 Å². The monoisotopic (exact) mass is 213 g/mol. The normalized spacial score (nSPS) is 13.1. The molecule has 0 spiro atoms. The molecule has 1 aromatic rings. The van der Waals surface area contributed by atoms with Crippen molar-refractivity contribution in [3.8, 4) is 0 Å². The second-order valence-electron chi connectivity index (χ2n) is 3.46. The Morgan fingerprint density at radius 1 is 1.64 bits per heavy atom. The van der Waals surface area contributed by atoms with E-state index < -0.39 is 0 Å². The van der Waals surface area contributed by atoms with Gasteiger partial charge in [-0.15, -0.1) is 0 Å². The van der Waals surface area contributed by atoms with Gasteiger partial charge in [-0.05, 0) is 12.7 Å². The minimum Gasteiger partial charge on any atom is -0.335 e. The molecular weight excluding hydrogens is 194 g/mol. The maximum atomic E-state index is 5.97. The van der Waals surface area contributed by atoms with Crippen molar-refractivity contribution < 1.29 is 0 Å². The first-order valence-electron chi connectivity index (χ1n) is 5.02. The number of nitrogens with two attached hydrogens (primary N) is 1. The maximum absolute atomic E-state index is 5.97.